The minimum absolute atomic E-state index is 0.0456. The molecular formula is C22H29NO2. The van der Waals surface area contributed by atoms with Crippen LogP contribution in [0.2, 0.25) is 0 Å². The Bertz CT molecular complexity index is 778. The molecule has 0 bridgehead atoms. The summed E-state index contributed by atoms with van der Waals surface area (Å²) in [4.78, 5) is 12.8. The number of hydrogen-bond donors (Lipinski definition) is 1. The van der Waals surface area contributed by atoms with E-state index in [0.29, 0.717) is 11.5 Å². The standard InChI is InChI=1S/C22H29NO2/c1-13(2)19-12-20(16(5)11-21(19)25-7)22(24)23-17(6)18-9-8-14(3)15(4)10-18/h8-13,17H,1-7H3,(H,23,24)/t17-/m1/s1. The molecule has 2 rings (SSSR count). The van der Waals surface area contributed by atoms with Gasteiger partial charge in [0.05, 0.1) is 13.2 Å². The number of methoxy groups -OCH3 is 1. The van der Waals surface area contributed by atoms with Gasteiger partial charge < -0.3 is 10.1 Å². The summed E-state index contributed by atoms with van der Waals surface area (Å²) in [5.74, 6) is 1.08. The van der Waals surface area contributed by atoms with Crippen molar-refractivity contribution in [1.29, 1.82) is 0 Å². The first-order valence-corrected chi connectivity index (χ1v) is 8.81. The van der Waals surface area contributed by atoms with Crippen LogP contribution in [-0.4, -0.2) is 13.0 Å². The molecule has 25 heavy (non-hydrogen) atoms. The van der Waals surface area contributed by atoms with Gasteiger partial charge >= 0.3 is 0 Å². The predicted molar refractivity (Wildman–Crippen MR) is 104 cm³/mol. The zero-order valence-electron chi connectivity index (χ0n) is 16.4. The highest BCUT2D eigenvalue weighted by molar-refractivity contribution is 5.96. The fourth-order valence-corrected chi connectivity index (χ4v) is 2.96. The molecule has 2 aromatic carbocycles. The van der Waals surface area contributed by atoms with Crippen molar-refractivity contribution in [3.8, 4) is 5.75 Å². The van der Waals surface area contributed by atoms with Crippen molar-refractivity contribution >= 4 is 5.91 Å². The van der Waals surface area contributed by atoms with Gasteiger partial charge in [0.1, 0.15) is 5.75 Å². The molecule has 1 amide bonds. The minimum Gasteiger partial charge on any atom is -0.496 e. The van der Waals surface area contributed by atoms with Crippen molar-refractivity contribution in [1.82, 2.24) is 5.32 Å². The summed E-state index contributed by atoms with van der Waals surface area (Å²) >= 11 is 0. The second-order valence-corrected chi connectivity index (χ2v) is 7.10. The Morgan fingerprint density at radius 1 is 0.960 bits per heavy atom. The lowest BCUT2D eigenvalue weighted by atomic mass is 9.95. The lowest BCUT2D eigenvalue weighted by Gasteiger charge is -2.19. The molecule has 0 unspecified atom stereocenters. The molecule has 0 spiro atoms. The van der Waals surface area contributed by atoms with Crippen molar-refractivity contribution in [2.75, 3.05) is 7.11 Å². The summed E-state index contributed by atoms with van der Waals surface area (Å²) in [5.41, 5.74) is 6.30. The van der Waals surface area contributed by atoms with Gasteiger partial charge in [-0.1, -0.05) is 32.0 Å². The first kappa shape index (κ1) is 19.0. The Balaban J connectivity index is 2.28. The summed E-state index contributed by atoms with van der Waals surface area (Å²) < 4.78 is 5.47. The lowest BCUT2D eigenvalue weighted by molar-refractivity contribution is 0.0939. The van der Waals surface area contributed by atoms with Crippen LogP contribution in [0, 0.1) is 20.8 Å². The predicted octanol–water partition coefficient (Wildman–Crippen LogP) is 5.23. The average Bonchev–Trinajstić information content (AvgIpc) is 2.56. The highest BCUT2D eigenvalue weighted by Crippen LogP contribution is 2.30. The average molecular weight is 339 g/mol. The number of amides is 1. The zero-order chi connectivity index (χ0) is 18.7. The van der Waals surface area contributed by atoms with Gasteiger partial charge in [-0.25, -0.2) is 0 Å². The van der Waals surface area contributed by atoms with E-state index in [2.05, 4.69) is 51.2 Å². The number of benzene rings is 2. The smallest absolute Gasteiger partial charge is 0.252 e. The summed E-state index contributed by atoms with van der Waals surface area (Å²) in [6, 6.07) is 10.2. The summed E-state index contributed by atoms with van der Waals surface area (Å²) in [7, 11) is 1.67. The number of carbonyl (C=O) groups is 1. The van der Waals surface area contributed by atoms with Gasteiger partial charge in [-0.2, -0.15) is 0 Å². The molecule has 0 fully saturated rings. The second kappa shape index (κ2) is 7.73. The molecule has 0 aliphatic heterocycles. The van der Waals surface area contributed by atoms with Crippen LogP contribution in [0.3, 0.4) is 0 Å². The van der Waals surface area contributed by atoms with Crippen molar-refractivity contribution < 1.29 is 9.53 Å². The number of aryl methyl sites for hydroxylation is 3. The van der Waals surface area contributed by atoms with Crippen LogP contribution in [0.25, 0.3) is 0 Å². The van der Waals surface area contributed by atoms with E-state index >= 15 is 0 Å². The van der Waals surface area contributed by atoms with E-state index in [9.17, 15) is 4.79 Å². The van der Waals surface area contributed by atoms with Gasteiger partial charge in [0.15, 0.2) is 0 Å². The van der Waals surface area contributed by atoms with Gasteiger partial charge in [-0.05, 0) is 73.6 Å². The molecular weight excluding hydrogens is 310 g/mol. The lowest BCUT2D eigenvalue weighted by Crippen LogP contribution is -2.27. The third-order valence-electron chi connectivity index (χ3n) is 4.82. The molecule has 2 aromatic rings. The SMILES string of the molecule is COc1cc(C)c(C(=O)N[C@H](C)c2ccc(C)c(C)c2)cc1C(C)C. The van der Waals surface area contributed by atoms with E-state index in [0.717, 1.165) is 22.4 Å². The maximum atomic E-state index is 12.8. The first-order valence-electron chi connectivity index (χ1n) is 8.81. The fourth-order valence-electron chi connectivity index (χ4n) is 2.96. The maximum absolute atomic E-state index is 12.8. The topological polar surface area (TPSA) is 38.3 Å². The first-order chi connectivity index (χ1) is 11.7. The number of hydrogen-bond acceptors (Lipinski definition) is 2. The van der Waals surface area contributed by atoms with Crippen molar-refractivity contribution in [2.45, 2.75) is 53.5 Å². The van der Waals surface area contributed by atoms with E-state index in [1.165, 1.54) is 11.1 Å². The molecule has 0 saturated carbocycles. The van der Waals surface area contributed by atoms with Crippen LogP contribution < -0.4 is 10.1 Å². The van der Waals surface area contributed by atoms with Crippen LogP contribution >= 0.6 is 0 Å². The van der Waals surface area contributed by atoms with Crippen molar-refractivity contribution in [3.63, 3.8) is 0 Å². The molecule has 0 radical (unpaired) electrons. The molecule has 1 N–H and O–H groups in total. The molecule has 3 nitrogen and oxygen atoms in total. The van der Waals surface area contributed by atoms with Gasteiger partial charge in [-0.15, -0.1) is 0 Å². The Kier molecular flexibility index (Phi) is 5.89. The van der Waals surface area contributed by atoms with E-state index < -0.39 is 0 Å². The fraction of sp³-hybridized carbons (Fsp3) is 0.409. The quantitative estimate of drug-likeness (QED) is 0.809. The van der Waals surface area contributed by atoms with Crippen molar-refractivity contribution in [3.05, 3.63) is 63.7 Å². The molecule has 0 aromatic heterocycles. The molecule has 0 saturated heterocycles. The van der Waals surface area contributed by atoms with Crippen molar-refractivity contribution in [2.24, 2.45) is 0 Å². The van der Waals surface area contributed by atoms with E-state index in [-0.39, 0.29) is 11.9 Å². The number of ether oxygens (including phenoxy) is 1. The Morgan fingerprint density at radius 2 is 1.64 bits per heavy atom. The normalized spacial score (nSPS) is 12.2. The third-order valence-corrected chi connectivity index (χ3v) is 4.82. The van der Waals surface area contributed by atoms with E-state index in [4.69, 9.17) is 4.74 Å². The van der Waals surface area contributed by atoms with E-state index in [1.54, 1.807) is 7.11 Å². The Hall–Kier alpha value is -2.29. The van der Waals surface area contributed by atoms with Crippen LogP contribution in [0.4, 0.5) is 0 Å². The molecule has 0 heterocycles. The highest BCUT2D eigenvalue weighted by Gasteiger charge is 2.18. The number of rotatable bonds is 5. The van der Waals surface area contributed by atoms with E-state index in [1.807, 2.05) is 26.0 Å². The molecule has 1 atom stereocenters. The van der Waals surface area contributed by atoms with Gasteiger partial charge in [0.2, 0.25) is 0 Å². The van der Waals surface area contributed by atoms with Gasteiger partial charge in [-0.3, -0.25) is 4.79 Å². The Morgan fingerprint density at radius 3 is 2.20 bits per heavy atom. The summed E-state index contributed by atoms with van der Waals surface area (Å²) in [6.07, 6.45) is 0. The highest BCUT2D eigenvalue weighted by atomic mass is 16.5. The number of carbonyl (C=O) groups excluding carboxylic acids is 1. The molecule has 0 aliphatic rings. The second-order valence-electron chi connectivity index (χ2n) is 7.10. The van der Waals surface area contributed by atoms with Gasteiger partial charge in [0, 0.05) is 5.56 Å². The van der Waals surface area contributed by atoms with Gasteiger partial charge in [0.25, 0.3) is 5.91 Å². The largest absolute Gasteiger partial charge is 0.496 e. The summed E-state index contributed by atoms with van der Waals surface area (Å²) in [5, 5.41) is 3.12. The maximum Gasteiger partial charge on any atom is 0.252 e. The van der Waals surface area contributed by atoms with Crippen LogP contribution in [0.5, 0.6) is 5.75 Å². The molecule has 0 aliphatic carbocycles. The van der Waals surface area contributed by atoms with Crippen LogP contribution in [0.15, 0.2) is 30.3 Å². The van der Waals surface area contributed by atoms with Crippen LogP contribution in [-0.2, 0) is 0 Å². The number of nitrogens with one attached hydrogen (secondary N) is 1. The zero-order valence-corrected chi connectivity index (χ0v) is 16.4. The third kappa shape index (κ3) is 4.22. The molecule has 134 valence electrons. The summed E-state index contributed by atoms with van der Waals surface area (Å²) in [6.45, 7) is 12.4. The monoisotopic (exact) mass is 339 g/mol. The Labute approximate surface area is 151 Å². The van der Waals surface area contributed by atoms with Crippen LogP contribution in [0.1, 0.15) is 70.9 Å². The minimum atomic E-state index is -0.0484. The molecule has 3 heteroatoms.